The molecule has 0 saturated carbocycles. The van der Waals surface area contributed by atoms with Gasteiger partial charge in [-0.25, -0.2) is 19.6 Å². The fourth-order valence-electron chi connectivity index (χ4n) is 4.33. The average Bonchev–Trinajstić information content (AvgIpc) is 3.49. The Labute approximate surface area is 198 Å². The summed E-state index contributed by atoms with van der Waals surface area (Å²) in [5.41, 5.74) is 9.03. The number of hydrogen-bond donors (Lipinski definition) is 2. The second-order valence-corrected chi connectivity index (χ2v) is 8.74. The van der Waals surface area contributed by atoms with Crippen LogP contribution in [0.25, 0.3) is 10.8 Å². The molecule has 1 aromatic carbocycles. The Hall–Kier alpha value is -4.01. The number of fused-ring (bicyclic) bond motifs is 1. The molecule has 174 valence electrons. The number of carbonyl (C=O) groups is 1. The molecular formula is C25H28N8O. The molecule has 34 heavy (non-hydrogen) atoms. The molecule has 5 rings (SSSR count). The quantitative estimate of drug-likeness (QED) is 0.458. The number of pyridine rings is 2. The summed E-state index contributed by atoms with van der Waals surface area (Å²) in [6.07, 6.45) is 6.00. The molecule has 0 unspecified atom stereocenters. The molecule has 3 aromatic heterocycles. The van der Waals surface area contributed by atoms with E-state index >= 15 is 0 Å². The van der Waals surface area contributed by atoms with Crippen molar-refractivity contribution < 1.29 is 4.79 Å². The van der Waals surface area contributed by atoms with Gasteiger partial charge in [0.2, 0.25) is 5.82 Å². The summed E-state index contributed by atoms with van der Waals surface area (Å²) in [7, 11) is 0. The molecule has 0 spiro atoms. The Kier molecular flexibility index (Phi) is 5.83. The number of benzene rings is 1. The first-order valence-corrected chi connectivity index (χ1v) is 11.5. The van der Waals surface area contributed by atoms with E-state index < -0.39 is 0 Å². The maximum Gasteiger partial charge on any atom is 0.291 e. The first-order chi connectivity index (χ1) is 16.5. The lowest BCUT2D eigenvalue weighted by molar-refractivity contribution is 0.0940. The van der Waals surface area contributed by atoms with Gasteiger partial charge in [0.05, 0.1) is 6.54 Å². The topological polar surface area (TPSA) is 115 Å². The first kappa shape index (κ1) is 21.8. The van der Waals surface area contributed by atoms with E-state index in [2.05, 4.69) is 42.4 Å². The number of amides is 1. The van der Waals surface area contributed by atoms with Crippen molar-refractivity contribution in [3.8, 4) is 0 Å². The van der Waals surface area contributed by atoms with E-state index in [1.165, 1.54) is 12.8 Å². The monoisotopic (exact) mass is 456 g/mol. The van der Waals surface area contributed by atoms with Crippen LogP contribution in [0.1, 0.15) is 46.0 Å². The highest BCUT2D eigenvalue weighted by molar-refractivity contribution is 5.92. The molecule has 1 aliphatic heterocycles. The summed E-state index contributed by atoms with van der Waals surface area (Å²) >= 11 is 0. The van der Waals surface area contributed by atoms with Gasteiger partial charge in [-0.2, -0.15) is 0 Å². The van der Waals surface area contributed by atoms with Gasteiger partial charge in [-0.15, -0.1) is 5.10 Å². The summed E-state index contributed by atoms with van der Waals surface area (Å²) in [5.74, 6) is 2.05. The molecule has 1 aliphatic rings. The largest absolute Gasteiger partial charge is 0.383 e. The van der Waals surface area contributed by atoms with Crippen LogP contribution in [0.4, 0.5) is 11.6 Å². The van der Waals surface area contributed by atoms with E-state index in [-0.39, 0.29) is 11.7 Å². The molecule has 9 heteroatoms. The second kappa shape index (κ2) is 9.09. The van der Waals surface area contributed by atoms with E-state index in [4.69, 9.17) is 5.73 Å². The lowest BCUT2D eigenvalue weighted by atomic mass is 10.0. The molecule has 3 N–H and O–H groups in total. The highest BCUT2D eigenvalue weighted by Crippen LogP contribution is 2.23. The number of nitrogens with two attached hydrogens (primary N) is 1. The molecule has 0 atom stereocenters. The van der Waals surface area contributed by atoms with E-state index in [9.17, 15) is 4.79 Å². The Morgan fingerprint density at radius 2 is 1.94 bits per heavy atom. The maximum absolute atomic E-state index is 12.8. The number of carbonyl (C=O) groups excluding carboxylic acids is 1. The summed E-state index contributed by atoms with van der Waals surface area (Å²) in [4.78, 5) is 28.2. The first-order valence-electron chi connectivity index (χ1n) is 11.5. The maximum atomic E-state index is 12.8. The Balaban J connectivity index is 1.25. The fraction of sp³-hybridized carbons (Fsp3) is 0.320. The molecular weight excluding hydrogens is 428 g/mol. The predicted molar refractivity (Wildman–Crippen MR) is 132 cm³/mol. The number of nitrogens with one attached hydrogen (secondary N) is 1. The minimum Gasteiger partial charge on any atom is -0.383 e. The van der Waals surface area contributed by atoms with Crippen molar-refractivity contribution in [2.75, 3.05) is 23.7 Å². The van der Waals surface area contributed by atoms with Gasteiger partial charge in [-0.05, 0) is 73.0 Å². The number of nitrogens with zero attached hydrogens (tertiary/aromatic N) is 6. The van der Waals surface area contributed by atoms with Crippen LogP contribution in [-0.4, -0.2) is 43.7 Å². The zero-order valence-electron chi connectivity index (χ0n) is 19.5. The van der Waals surface area contributed by atoms with Crippen molar-refractivity contribution in [1.29, 1.82) is 0 Å². The number of aryl methyl sites for hydroxylation is 2. The zero-order chi connectivity index (χ0) is 23.7. The molecule has 4 heterocycles. The van der Waals surface area contributed by atoms with Gasteiger partial charge in [-0.3, -0.25) is 4.79 Å². The van der Waals surface area contributed by atoms with Crippen LogP contribution in [-0.2, 0) is 13.1 Å². The van der Waals surface area contributed by atoms with E-state index in [0.717, 1.165) is 46.4 Å². The van der Waals surface area contributed by atoms with Gasteiger partial charge >= 0.3 is 0 Å². The van der Waals surface area contributed by atoms with Gasteiger partial charge in [0.15, 0.2) is 0 Å². The van der Waals surface area contributed by atoms with Crippen LogP contribution >= 0.6 is 0 Å². The SMILES string of the molecule is Cc1cc2c(N)nccc2cc1CNC(=O)c1nc(C)n(Cc2ccc(N3CCCC3)nc2)n1. The number of rotatable bonds is 6. The van der Waals surface area contributed by atoms with E-state index in [0.29, 0.717) is 24.7 Å². The third-order valence-corrected chi connectivity index (χ3v) is 6.32. The van der Waals surface area contributed by atoms with Crippen LogP contribution in [0.2, 0.25) is 0 Å². The lowest BCUT2D eigenvalue weighted by Gasteiger charge is -2.16. The van der Waals surface area contributed by atoms with E-state index in [1.807, 2.05) is 38.2 Å². The zero-order valence-corrected chi connectivity index (χ0v) is 19.5. The molecule has 1 amide bonds. The standard InChI is InChI=1S/C25H28N8O/c1-16-11-21-19(7-8-27-23(21)26)12-20(16)14-29-25(34)24-30-17(2)33(31-24)15-18-5-6-22(28-13-18)32-9-3-4-10-32/h5-8,11-13H,3-4,9-10,14-15H2,1-2H3,(H2,26,27)(H,29,34). The van der Waals surface area contributed by atoms with Crippen molar-refractivity contribution in [2.45, 2.75) is 39.8 Å². The predicted octanol–water partition coefficient (Wildman–Crippen LogP) is 3.00. The van der Waals surface area contributed by atoms with Crippen LogP contribution in [0.15, 0.2) is 42.7 Å². The highest BCUT2D eigenvalue weighted by Gasteiger charge is 2.16. The molecule has 0 radical (unpaired) electrons. The summed E-state index contributed by atoms with van der Waals surface area (Å²) in [6, 6.07) is 10.1. The van der Waals surface area contributed by atoms with Crippen LogP contribution in [0, 0.1) is 13.8 Å². The average molecular weight is 457 g/mol. The molecule has 0 aliphatic carbocycles. The minimum atomic E-state index is -0.307. The number of aromatic nitrogens is 5. The highest BCUT2D eigenvalue weighted by atomic mass is 16.2. The minimum absolute atomic E-state index is 0.158. The second-order valence-electron chi connectivity index (χ2n) is 8.74. The smallest absolute Gasteiger partial charge is 0.291 e. The summed E-state index contributed by atoms with van der Waals surface area (Å²) < 4.78 is 1.73. The third kappa shape index (κ3) is 4.41. The van der Waals surface area contributed by atoms with Crippen molar-refractivity contribution >= 4 is 28.3 Å². The molecule has 1 saturated heterocycles. The molecule has 4 aromatic rings. The molecule has 9 nitrogen and oxygen atoms in total. The van der Waals surface area contributed by atoms with Crippen molar-refractivity contribution in [2.24, 2.45) is 0 Å². The number of nitrogen functional groups attached to an aromatic ring is 1. The fourth-order valence-corrected chi connectivity index (χ4v) is 4.33. The Morgan fingerprint density at radius 3 is 2.71 bits per heavy atom. The summed E-state index contributed by atoms with van der Waals surface area (Å²) in [5, 5.41) is 9.27. The lowest BCUT2D eigenvalue weighted by Crippen LogP contribution is -2.24. The van der Waals surface area contributed by atoms with Crippen molar-refractivity contribution in [1.82, 2.24) is 30.0 Å². The Bertz CT molecular complexity index is 1340. The van der Waals surface area contributed by atoms with Gasteiger partial charge in [0.1, 0.15) is 17.5 Å². The van der Waals surface area contributed by atoms with Gasteiger partial charge in [0, 0.05) is 37.4 Å². The van der Waals surface area contributed by atoms with Gasteiger partial charge < -0.3 is 16.0 Å². The Morgan fingerprint density at radius 1 is 1.12 bits per heavy atom. The molecule has 1 fully saturated rings. The van der Waals surface area contributed by atoms with Crippen molar-refractivity contribution in [3.63, 3.8) is 0 Å². The summed E-state index contributed by atoms with van der Waals surface area (Å²) in [6.45, 7) is 6.86. The third-order valence-electron chi connectivity index (χ3n) is 6.32. The van der Waals surface area contributed by atoms with Gasteiger partial charge in [-0.1, -0.05) is 6.07 Å². The van der Waals surface area contributed by atoms with Crippen LogP contribution < -0.4 is 16.0 Å². The number of anilines is 2. The van der Waals surface area contributed by atoms with Crippen LogP contribution in [0.5, 0.6) is 0 Å². The van der Waals surface area contributed by atoms with E-state index in [1.54, 1.807) is 10.9 Å². The van der Waals surface area contributed by atoms with Crippen LogP contribution in [0.3, 0.4) is 0 Å². The number of hydrogen-bond acceptors (Lipinski definition) is 7. The van der Waals surface area contributed by atoms with Crippen molar-refractivity contribution in [3.05, 3.63) is 71.1 Å². The molecule has 0 bridgehead atoms. The van der Waals surface area contributed by atoms with Gasteiger partial charge in [0.25, 0.3) is 5.91 Å². The normalized spacial score (nSPS) is 13.5.